The first-order valence-electron chi connectivity index (χ1n) is 11.3. The summed E-state index contributed by atoms with van der Waals surface area (Å²) in [4.78, 5) is 25.1. The van der Waals surface area contributed by atoms with Crippen LogP contribution in [0.15, 0.2) is 48.7 Å². The number of amides is 1. The van der Waals surface area contributed by atoms with Crippen molar-refractivity contribution in [3.63, 3.8) is 0 Å². The molecule has 0 radical (unpaired) electrons. The van der Waals surface area contributed by atoms with Gasteiger partial charge in [0.2, 0.25) is 5.91 Å². The first kappa shape index (κ1) is 20.4. The van der Waals surface area contributed by atoms with Crippen LogP contribution < -0.4 is 5.32 Å². The zero-order valence-corrected chi connectivity index (χ0v) is 18.0. The highest BCUT2D eigenvalue weighted by atomic mass is 16.2. The van der Waals surface area contributed by atoms with Crippen LogP contribution in [0.1, 0.15) is 65.2 Å². The van der Waals surface area contributed by atoms with Crippen LogP contribution in [0.2, 0.25) is 0 Å². The zero-order chi connectivity index (χ0) is 20.8. The van der Waals surface area contributed by atoms with Crippen LogP contribution >= 0.6 is 0 Å². The van der Waals surface area contributed by atoms with Crippen LogP contribution in [-0.4, -0.2) is 11.7 Å². The van der Waals surface area contributed by atoms with E-state index < -0.39 is 0 Å². The third-order valence-electron chi connectivity index (χ3n) is 9.06. The van der Waals surface area contributed by atoms with Gasteiger partial charge < -0.3 is 5.32 Å². The summed E-state index contributed by atoms with van der Waals surface area (Å²) in [6.07, 6.45) is 15.5. The van der Waals surface area contributed by atoms with Crippen LogP contribution in [0.5, 0.6) is 0 Å². The van der Waals surface area contributed by atoms with E-state index in [9.17, 15) is 9.59 Å². The molecule has 6 atom stereocenters. The second kappa shape index (κ2) is 7.41. The van der Waals surface area contributed by atoms with Gasteiger partial charge in [-0.1, -0.05) is 38.7 Å². The smallest absolute Gasteiger partial charge is 0.228 e. The van der Waals surface area contributed by atoms with Gasteiger partial charge in [-0.15, -0.1) is 0 Å². The van der Waals surface area contributed by atoms with Crippen LogP contribution in [-0.2, 0) is 9.59 Å². The van der Waals surface area contributed by atoms with Gasteiger partial charge >= 0.3 is 0 Å². The number of rotatable bonds is 4. The van der Waals surface area contributed by atoms with Crippen molar-refractivity contribution in [3.8, 4) is 0 Å². The van der Waals surface area contributed by atoms with Gasteiger partial charge in [0.1, 0.15) is 0 Å². The third-order valence-corrected chi connectivity index (χ3v) is 9.06. The summed E-state index contributed by atoms with van der Waals surface area (Å²) >= 11 is 0. The van der Waals surface area contributed by atoms with Crippen molar-refractivity contribution < 1.29 is 9.59 Å². The van der Waals surface area contributed by atoms with E-state index in [4.69, 9.17) is 0 Å². The van der Waals surface area contributed by atoms with Crippen LogP contribution in [0.25, 0.3) is 0 Å². The highest BCUT2D eigenvalue weighted by molar-refractivity contribution is 5.91. The summed E-state index contributed by atoms with van der Waals surface area (Å²) in [5, 5.41) is 3.08. The van der Waals surface area contributed by atoms with Crippen molar-refractivity contribution in [2.75, 3.05) is 0 Å². The number of fused-ring (bicyclic) bond motifs is 5. The molecule has 0 spiro atoms. The highest BCUT2D eigenvalue weighted by Gasteiger charge is 2.60. The lowest BCUT2D eigenvalue weighted by molar-refractivity contribution is -0.131. The number of hydrogen-bond donors (Lipinski definition) is 1. The van der Waals surface area contributed by atoms with E-state index in [1.54, 1.807) is 18.2 Å². The molecular formula is C26H35NO2. The maximum atomic E-state index is 13.2. The Morgan fingerprint density at radius 3 is 2.62 bits per heavy atom. The zero-order valence-electron chi connectivity index (χ0n) is 18.0. The van der Waals surface area contributed by atoms with E-state index >= 15 is 0 Å². The number of ketones is 1. The maximum absolute atomic E-state index is 13.2. The minimum absolute atomic E-state index is 0.0688. The molecular weight excluding hydrogens is 358 g/mol. The van der Waals surface area contributed by atoms with Crippen LogP contribution in [0.4, 0.5) is 0 Å². The van der Waals surface area contributed by atoms with Gasteiger partial charge in [-0.25, -0.2) is 0 Å². The quantitative estimate of drug-likeness (QED) is 0.641. The average molecular weight is 394 g/mol. The van der Waals surface area contributed by atoms with E-state index in [1.807, 2.05) is 6.08 Å². The minimum Gasteiger partial charge on any atom is -0.326 e. The monoisotopic (exact) mass is 393 g/mol. The SMILES string of the molecule is C=C/C=C(\C=C)NC(=O)[C@H]1CCC2C3CCC4=CC(=O)CC[C@]4(C)C3CC[C@@]21C. The molecule has 4 aliphatic carbocycles. The fourth-order valence-corrected chi connectivity index (χ4v) is 7.51. The van der Waals surface area contributed by atoms with Crippen molar-refractivity contribution >= 4 is 11.7 Å². The van der Waals surface area contributed by atoms with E-state index in [0.717, 1.165) is 37.8 Å². The summed E-state index contributed by atoms with van der Waals surface area (Å²) in [7, 11) is 0. The molecule has 3 unspecified atom stereocenters. The predicted octanol–water partition coefficient (Wildman–Crippen LogP) is 5.51. The maximum Gasteiger partial charge on any atom is 0.228 e. The van der Waals surface area contributed by atoms with Crippen LogP contribution in [0.3, 0.4) is 0 Å². The van der Waals surface area contributed by atoms with Gasteiger partial charge in [-0.05, 0) is 91.8 Å². The molecule has 0 heterocycles. The molecule has 3 heteroatoms. The lowest BCUT2D eigenvalue weighted by atomic mass is 9.47. The summed E-state index contributed by atoms with van der Waals surface area (Å²) in [6.45, 7) is 12.3. The van der Waals surface area contributed by atoms with Gasteiger partial charge in [0.15, 0.2) is 5.78 Å². The summed E-state index contributed by atoms with van der Waals surface area (Å²) in [6, 6.07) is 0. The molecule has 1 N–H and O–H groups in total. The third kappa shape index (κ3) is 3.17. The number of nitrogens with one attached hydrogen (secondary N) is 1. The number of hydrogen-bond acceptors (Lipinski definition) is 2. The Morgan fingerprint density at radius 2 is 1.90 bits per heavy atom. The highest BCUT2D eigenvalue weighted by Crippen LogP contribution is 2.66. The van der Waals surface area contributed by atoms with Crippen molar-refractivity contribution in [1.29, 1.82) is 0 Å². The Labute approximate surface area is 175 Å². The first-order valence-corrected chi connectivity index (χ1v) is 11.3. The molecule has 156 valence electrons. The Balaban J connectivity index is 1.56. The Hall–Kier alpha value is -1.90. The molecule has 29 heavy (non-hydrogen) atoms. The second-order valence-corrected chi connectivity index (χ2v) is 10.2. The van der Waals surface area contributed by atoms with Crippen LogP contribution in [0, 0.1) is 34.5 Å². The number of carbonyl (C=O) groups is 2. The fraction of sp³-hybridized carbons (Fsp3) is 0.615. The molecule has 1 amide bonds. The van der Waals surface area contributed by atoms with Crippen molar-refractivity contribution in [1.82, 2.24) is 5.32 Å². The molecule has 0 bridgehead atoms. The Morgan fingerprint density at radius 1 is 1.10 bits per heavy atom. The average Bonchev–Trinajstić information content (AvgIpc) is 3.05. The molecule has 3 nitrogen and oxygen atoms in total. The van der Waals surface area contributed by atoms with E-state index in [0.29, 0.717) is 30.0 Å². The molecule has 0 saturated heterocycles. The Bertz CT molecular complexity index is 806. The van der Waals surface area contributed by atoms with Crippen molar-refractivity contribution in [3.05, 3.63) is 48.7 Å². The summed E-state index contributed by atoms with van der Waals surface area (Å²) < 4.78 is 0. The fourth-order valence-electron chi connectivity index (χ4n) is 7.51. The van der Waals surface area contributed by atoms with Crippen molar-refractivity contribution in [2.45, 2.75) is 65.2 Å². The standard InChI is InChI=1S/C26H35NO2/c1-5-7-18(6-2)27-24(29)23-11-10-21-20-9-8-17-16-19(28)12-14-25(17,3)22(20)13-15-26(21,23)4/h5-7,16,20-23H,1-2,8-15H2,3-4H3,(H,27,29)/b18-7+/t20?,21?,22?,23-,25+,26+/m1/s1. The topological polar surface area (TPSA) is 46.2 Å². The van der Waals surface area contributed by atoms with Gasteiger partial charge in [-0.2, -0.15) is 0 Å². The molecule has 4 rings (SSSR count). The van der Waals surface area contributed by atoms with Gasteiger partial charge in [0.05, 0.1) is 0 Å². The molecule has 3 saturated carbocycles. The van der Waals surface area contributed by atoms with E-state index in [-0.39, 0.29) is 22.7 Å². The summed E-state index contributed by atoms with van der Waals surface area (Å²) in [5.41, 5.74) is 2.42. The van der Waals surface area contributed by atoms with Gasteiger partial charge in [-0.3, -0.25) is 9.59 Å². The lowest BCUT2D eigenvalue weighted by Gasteiger charge is -2.58. The lowest BCUT2D eigenvalue weighted by Crippen LogP contribution is -2.51. The normalized spacial score (nSPS) is 41.5. The van der Waals surface area contributed by atoms with Gasteiger partial charge in [0.25, 0.3) is 0 Å². The molecule has 4 aliphatic rings. The first-order chi connectivity index (χ1) is 13.8. The van der Waals surface area contributed by atoms with E-state index in [1.165, 1.54) is 18.4 Å². The molecule has 0 aromatic carbocycles. The van der Waals surface area contributed by atoms with Gasteiger partial charge in [0, 0.05) is 18.0 Å². The van der Waals surface area contributed by atoms with Crippen molar-refractivity contribution in [2.24, 2.45) is 34.5 Å². The molecule has 3 fully saturated rings. The summed E-state index contributed by atoms with van der Waals surface area (Å²) in [5.74, 6) is 2.50. The molecule has 0 aromatic heterocycles. The predicted molar refractivity (Wildman–Crippen MR) is 117 cm³/mol. The minimum atomic E-state index is 0.0688. The molecule has 0 aromatic rings. The van der Waals surface area contributed by atoms with E-state index in [2.05, 4.69) is 32.3 Å². The Kier molecular flexibility index (Phi) is 5.21. The second-order valence-electron chi connectivity index (χ2n) is 10.2. The number of carbonyl (C=O) groups excluding carboxylic acids is 2. The number of allylic oxidation sites excluding steroid dienone is 4. The molecule has 0 aliphatic heterocycles. The largest absolute Gasteiger partial charge is 0.326 e.